The van der Waals surface area contributed by atoms with Crippen molar-refractivity contribution in [3.05, 3.63) is 54.3 Å². The molecule has 1 aromatic carbocycles. The Morgan fingerprint density at radius 3 is 2.62 bits per heavy atom. The van der Waals surface area contributed by atoms with E-state index >= 15 is 0 Å². The lowest BCUT2D eigenvalue weighted by Gasteiger charge is -2.17. The van der Waals surface area contributed by atoms with Gasteiger partial charge in [0.1, 0.15) is 23.6 Å². The van der Waals surface area contributed by atoms with Crippen molar-refractivity contribution in [1.82, 2.24) is 14.9 Å². The highest BCUT2D eigenvalue weighted by Crippen LogP contribution is 2.29. The van der Waals surface area contributed by atoms with Gasteiger partial charge in [-0.3, -0.25) is 0 Å². The smallest absolute Gasteiger partial charge is 0.339 e. The number of hydrogen-bond acceptors (Lipinski definition) is 7. The number of carboxylic acid groups (broad SMARTS) is 1. The lowest BCUT2D eigenvalue weighted by molar-refractivity contribution is 0.0694. The van der Waals surface area contributed by atoms with Gasteiger partial charge in [-0.1, -0.05) is 26.0 Å². The maximum atomic E-state index is 11.4. The zero-order chi connectivity index (χ0) is 20.6. The highest BCUT2D eigenvalue weighted by Gasteiger charge is 2.15. The fourth-order valence-electron chi connectivity index (χ4n) is 2.72. The number of likely N-dealkylation sites (N-methyl/N-ethyl adjacent to an activating group) is 1. The molecule has 0 fully saturated rings. The standard InChI is InChI=1S/C21H23N3O5/c1-3-24(4-2)11-13-28-21-22-16(18-10-7-12-27-18)14-19(23-21)29-17-9-6-5-8-15(17)20(25)26/h5-10,12,14H,3-4,11,13H2,1-2H3,(H,25,26). The van der Waals surface area contributed by atoms with E-state index in [0.29, 0.717) is 18.1 Å². The van der Waals surface area contributed by atoms with Crippen LogP contribution in [0, 0.1) is 0 Å². The molecule has 3 aromatic rings. The molecule has 152 valence electrons. The molecule has 8 nitrogen and oxygen atoms in total. The maximum Gasteiger partial charge on any atom is 0.339 e. The predicted molar refractivity (Wildman–Crippen MR) is 106 cm³/mol. The summed E-state index contributed by atoms with van der Waals surface area (Å²) in [6.45, 7) is 7.17. The molecule has 2 heterocycles. The minimum Gasteiger partial charge on any atom is -0.478 e. The van der Waals surface area contributed by atoms with Crippen LogP contribution in [0.25, 0.3) is 11.5 Å². The number of aromatic nitrogens is 2. The van der Waals surface area contributed by atoms with Gasteiger partial charge in [-0.25, -0.2) is 4.79 Å². The zero-order valence-corrected chi connectivity index (χ0v) is 16.4. The number of furan rings is 1. The van der Waals surface area contributed by atoms with Crippen molar-refractivity contribution in [3.63, 3.8) is 0 Å². The number of nitrogens with zero attached hydrogens (tertiary/aromatic N) is 3. The van der Waals surface area contributed by atoms with E-state index in [4.69, 9.17) is 13.9 Å². The van der Waals surface area contributed by atoms with Crippen LogP contribution in [-0.2, 0) is 0 Å². The zero-order valence-electron chi connectivity index (χ0n) is 16.4. The summed E-state index contributed by atoms with van der Waals surface area (Å²) >= 11 is 0. The van der Waals surface area contributed by atoms with Crippen molar-refractivity contribution in [2.24, 2.45) is 0 Å². The van der Waals surface area contributed by atoms with Crippen LogP contribution >= 0.6 is 0 Å². The average molecular weight is 397 g/mol. The topological polar surface area (TPSA) is 97.9 Å². The summed E-state index contributed by atoms with van der Waals surface area (Å²) < 4.78 is 16.9. The summed E-state index contributed by atoms with van der Waals surface area (Å²) in [6.07, 6.45) is 1.54. The van der Waals surface area contributed by atoms with Crippen LogP contribution in [0.1, 0.15) is 24.2 Å². The summed E-state index contributed by atoms with van der Waals surface area (Å²) in [6, 6.07) is 11.6. The molecule has 0 atom stereocenters. The fraction of sp³-hybridized carbons (Fsp3) is 0.286. The van der Waals surface area contributed by atoms with E-state index in [9.17, 15) is 9.90 Å². The lowest BCUT2D eigenvalue weighted by atomic mass is 10.2. The molecule has 3 rings (SSSR count). The second-order valence-corrected chi connectivity index (χ2v) is 6.13. The Labute approximate surface area is 168 Å². The highest BCUT2D eigenvalue weighted by atomic mass is 16.5. The van der Waals surface area contributed by atoms with Gasteiger partial charge in [0, 0.05) is 12.6 Å². The highest BCUT2D eigenvalue weighted by molar-refractivity contribution is 5.90. The largest absolute Gasteiger partial charge is 0.478 e. The van der Waals surface area contributed by atoms with E-state index in [-0.39, 0.29) is 23.2 Å². The third kappa shape index (κ3) is 5.32. The molecule has 29 heavy (non-hydrogen) atoms. The van der Waals surface area contributed by atoms with Crippen molar-refractivity contribution in [3.8, 4) is 29.1 Å². The number of para-hydroxylation sites is 1. The van der Waals surface area contributed by atoms with Crippen LogP contribution in [-0.4, -0.2) is 52.2 Å². The number of carboxylic acids is 1. The Hall–Kier alpha value is -3.39. The first-order valence-electron chi connectivity index (χ1n) is 9.39. The lowest BCUT2D eigenvalue weighted by Crippen LogP contribution is -2.28. The molecule has 0 unspecified atom stereocenters. The van der Waals surface area contributed by atoms with Gasteiger partial charge >= 0.3 is 12.0 Å². The van der Waals surface area contributed by atoms with E-state index in [2.05, 4.69) is 28.7 Å². The average Bonchev–Trinajstić information content (AvgIpc) is 3.26. The minimum absolute atomic E-state index is 0.0367. The minimum atomic E-state index is -1.09. The molecule has 1 N–H and O–H groups in total. The first-order valence-corrected chi connectivity index (χ1v) is 9.39. The SMILES string of the molecule is CCN(CC)CCOc1nc(Oc2ccccc2C(=O)O)cc(-c2ccco2)n1. The number of benzene rings is 1. The quantitative estimate of drug-likeness (QED) is 0.549. The van der Waals surface area contributed by atoms with Crippen LogP contribution in [0.2, 0.25) is 0 Å². The molecule has 0 spiro atoms. The second kappa shape index (κ2) is 9.70. The molecule has 0 amide bonds. The summed E-state index contributed by atoms with van der Waals surface area (Å²) in [5.41, 5.74) is 0.514. The molecular formula is C21H23N3O5. The van der Waals surface area contributed by atoms with Crippen LogP contribution in [0.5, 0.6) is 17.6 Å². The Bertz CT molecular complexity index is 939. The summed E-state index contributed by atoms with van der Waals surface area (Å²) in [5.74, 6) is -0.218. The fourth-order valence-corrected chi connectivity index (χ4v) is 2.72. The third-order valence-corrected chi connectivity index (χ3v) is 4.32. The number of rotatable bonds is 10. The van der Waals surface area contributed by atoms with Crippen molar-refractivity contribution < 1.29 is 23.8 Å². The van der Waals surface area contributed by atoms with Crippen molar-refractivity contribution >= 4 is 5.97 Å². The molecule has 0 saturated heterocycles. The van der Waals surface area contributed by atoms with E-state index in [0.717, 1.165) is 19.6 Å². The molecule has 2 aromatic heterocycles. The van der Waals surface area contributed by atoms with E-state index < -0.39 is 5.97 Å². The van der Waals surface area contributed by atoms with Gasteiger partial charge in [-0.05, 0) is 37.4 Å². The van der Waals surface area contributed by atoms with Crippen LogP contribution in [0.15, 0.2) is 53.1 Å². The number of aromatic carboxylic acids is 1. The number of ether oxygens (including phenoxy) is 2. The van der Waals surface area contributed by atoms with E-state index in [1.165, 1.54) is 6.07 Å². The first-order chi connectivity index (χ1) is 14.1. The van der Waals surface area contributed by atoms with Gasteiger partial charge in [0.2, 0.25) is 5.88 Å². The molecule has 0 radical (unpaired) electrons. The van der Waals surface area contributed by atoms with Gasteiger partial charge in [-0.15, -0.1) is 0 Å². The number of carbonyl (C=O) groups is 1. The Kier molecular flexibility index (Phi) is 6.80. The van der Waals surface area contributed by atoms with Gasteiger partial charge in [0.15, 0.2) is 5.76 Å². The van der Waals surface area contributed by atoms with Gasteiger partial charge in [-0.2, -0.15) is 9.97 Å². The predicted octanol–water partition coefficient (Wildman–Crippen LogP) is 3.95. The summed E-state index contributed by atoms with van der Waals surface area (Å²) in [4.78, 5) is 22.3. The van der Waals surface area contributed by atoms with Crippen molar-refractivity contribution in [2.45, 2.75) is 13.8 Å². The molecule has 0 aliphatic heterocycles. The van der Waals surface area contributed by atoms with Crippen LogP contribution in [0.4, 0.5) is 0 Å². The normalized spacial score (nSPS) is 10.9. The molecule has 8 heteroatoms. The molecule has 0 bridgehead atoms. The van der Waals surface area contributed by atoms with E-state index in [1.54, 1.807) is 42.7 Å². The van der Waals surface area contributed by atoms with E-state index in [1.807, 2.05) is 0 Å². The summed E-state index contributed by atoms with van der Waals surface area (Å²) in [5, 5.41) is 9.36. The van der Waals surface area contributed by atoms with Crippen LogP contribution in [0.3, 0.4) is 0 Å². The van der Waals surface area contributed by atoms with Crippen molar-refractivity contribution in [2.75, 3.05) is 26.2 Å². The van der Waals surface area contributed by atoms with Gasteiger partial charge < -0.3 is 23.9 Å². The molecule has 0 aliphatic carbocycles. The Morgan fingerprint density at radius 2 is 1.93 bits per heavy atom. The Balaban J connectivity index is 1.86. The Morgan fingerprint density at radius 1 is 1.14 bits per heavy atom. The van der Waals surface area contributed by atoms with Crippen LogP contribution < -0.4 is 9.47 Å². The van der Waals surface area contributed by atoms with Gasteiger partial charge in [0.05, 0.1) is 6.26 Å². The number of hydrogen-bond donors (Lipinski definition) is 1. The van der Waals surface area contributed by atoms with Gasteiger partial charge in [0.25, 0.3) is 0 Å². The first kappa shape index (κ1) is 20.3. The molecular weight excluding hydrogens is 374 g/mol. The maximum absolute atomic E-state index is 11.4. The summed E-state index contributed by atoms with van der Waals surface area (Å²) in [7, 11) is 0. The monoisotopic (exact) mass is 397 g/mol. The van der Waals surface area contributed by atoms with Crippen molar-refractivity contribution in [1.29, 1.82) is 0 Å². The molecule has 0 aliphatic rings. The second-order valence-electron chi connectivity index (χ2n) is 6.13. The molecule has 0 saturated carbocycles. The third-order valence-electron chi connectivity index (χ3n) is 4.32.